The van der Waals surface area contributed by atoms with Gasteiger partial charge in [-0.1, -0.05) is 59.8 Å². The number of aryl methyl sites for hydroxylation is 2. The Hall–Kier alpha value is -2.96. The maximum atomic E-state index is 13.9. The number of aromatic nitrogens is 1. The summed E-state index contributed by atoms with van der Waals surface area (Å²) in [7, 11) is 0. The van der Waals surface area contributed by atoms with E-state index in [0.29, 0.717) is 26.3 Å². The van der Waals surface area contributed by atoms with Crippen molar-refractivity contribution >= 4 is 5.91 Å². The average Bonchev–Trinajstić information content (AvgIpc) is 3.45. The summed E-state index contributed by atoms with van der Waals surface area (Å²) in [6, 6.07) is 18.5. The molecule has 0 spiro atoms. The molecule has 1 aromatic heterocycles. The largest absolute Gasteiger partial charge is 0.377 e. The minimum absolute atomic E-state index is 0.0449. The number of carbonyl (C=O) groups is 1. The molecular weight excluding hydrogens is 402 g/mol. The van der Waals surface area contributed by atoms with Crippen LogP contribution in [0.3, 0.4) is 0 Å². The molecule has 3 atom stereocenters. The van der Waals surface area contributed by atoms with E-state index in [1.54, 1.807) is 0 Å². The molecule has 3 heterocycles. The number of nitrogens with zero attached hydrogens (tertiary/aromatic N) is 2. The average molecular weight is 432 g/mol. The fourth-order valence-electron chi connectivity index (χ4n) is 5.21. The number of ether oxygens (including phenoxy) is 1. The summed E-state index contributed by atoms with van der Waals surface area (Å²) >= 11 is 0. The van der Waals surface area contributed by atoms with Gasteiger partial charge in [0.2, 0.25) is 5.91 Å². The molecule has 0 unspecified atom stereocenters. The second-order valence-electron chi connectivity index (χ2n) is 8.69. The van der Waals surface area contributed by atoms with Crippen LogP contribution in [0.1, 0.15) is 34.5 Å². The molecular formula is C26H29N3O3. The lowest BCUT2D eigenvalue weighted by molar-refractivity contribution is -0.144. The van der Waals surface area contributed by atoms with Gasteiger partial charge in [-0.2, -0.15) is 0 Å². The Morgan fingerprint density at radius 3 is 2.62 bits per heavy atom. The fourth-order valence-corrected chi connectivity index (χ4v) is 5.21. The van der Waals surface area contributed by atoms with Crippen molar-refractivity contribution in [3.8, 4) is 11.1 Å². The van der Waals surface area contributed by atoms with Crippen molar-refractivity contribution in [1.82, 2.24) is 15.4 Å². The minimum Gasteiger partial charge on any atom is -0.377 e. The van der Waals surface area contributed by atoms with E-state index in [4.69, 9.17) is 9.26 Å². The van der Waals surface area contributed by atoms with Crippen molar-refractivity contribution in [3.63, 3.8) is 0 Å². The summed E-state index contributed by atoms with van der Waals surface area (Å²) < 4.78 is 11.2. The topological polar surface area (TPSA) is 67.6 Å². The zero-order valence-corrected chi connectivity index (χ0v) is 18.6. The zero-order chi connectivity index (χ0) is 22.1. The van der Waals surface area contributed by atoms with Crippen molar-refractivity contribution in [1.29, 1.82) is 0 Å². The smallest absolute Gasteiger partial charge is 0.228 e. The van der Waals surface area contributed by atoms with Gasteiger partial charge in [0.15, 0.2) is 0 Å². The van der Waals surface area contributed by atoms with Crippen LogP contribution >= 0.6 is 0 Å². The molecule has 2 aliphatic heterocycles. The van der Waals surface area contributed by atoms with E-state index in [-0.39, 0.29) is 23.8 Å². The molecule has 2 fully saturated rings. The molecule has 5 rings (SSSR count). The number of hydrogen-bond donors (Lipinski definition) is 1. The molecule has 1 N–H and O–H groups in total. The Labute approximate surface area is 188 Å². The van der Waals surface area contributed by atoms with E-state index in [2.05, 4.69) is 40.8 Å². The first kappa shape index (κ1) is 20.9. The van der Waals surface area contributed by atoms with Crippen LogP contribution in [0.2, 0.25) is 0 Å². The highest BCUT2D eigenvalue weighted by molar-refractivity contribution is 5.82. The van der Waals surface area contributed by atoms with Crippen LogP contribution in [0.25, 0.3) is 11.1 Å². The van der Waals surface area contributed by atoms with Gasteiger partial charge in [0.25, 0.3) is 0 Å². The van der Waals surface area contributed by atoms with Gasteiger partial charge in [0.05, 0.1) is 30.9 Å². The minimum atomic E-state index is -0.124. The number of hydrogen-bond acceptors (Lipinski definition) is 5. The van der Waals surface area contributed by atoms with Crippen LogP contribution in [0, 0.1) is 19.8 Å². The maximum absolute atomic E-state index is 13.9. The normalized spacial score (nSPS) is 23.4. The molecule has 3 aromatic rings. The van der Waals surface area contributed by atoms with E-state index in [0.717, 1.165) is 34.7 Å². The van der Waals surface area contributed by atoms with Gasteiger partial charge >= 0.3 is 0 Å². The molecule has 6 heteroatoms. The summed E-state index contributed by atoms with van der Waals surface area (Å²) in [5, 5.41) is 7.63. The fraction of sp³-hybridized carbons (Fsp3) is 0.385. The first-order valence-electron chi connectivity index (χ1n) is 11.3. The van der Waals surface area contributed by atoms with Gasteiger partial charge in [-0.15, -0.1) is 0 Å². The number of nitrogens with one attached hydrogen (secondary N) is 1. The van der Waals surface area contributed by atoms with Gasteiger partial charge in [-0.3, -0.25) is 4.79 Å². The van der Waals surface area contributed by atoms with Crippen LogP contribution in [-0.2, 0) is 9.53 Å². The molecule has 2 saturated heterocycles. The molecule has 2 aliphatic rings. The third kappa shape index (κ3) is 3.74. The van der Waals surface area contributed by atoms with E-state index in [1.807, 2.05) is 43.0 Å². The van der Waals surface area contributed by atoms with E-state index < -0.39 is 0 Å². The van der Waals surface area contributed by atoms with Gasteiger partial charge in [0.1, 0.15) is 5.76 Å². The van der Waals surface area contributed by atoms with Crippen LogP contribution in [0.5, 0.6) is 0 Å². The lowest BCUT2D eigenvalue weighted by Gasteiger charge is -2.38. The summed E-state index contributed by atoms with van der Waals surface area (Å²) in [6.07, 6.45) is 0. The molecule has 32 heavy (non-hydrogen) atoms. The van der Waals surface area contributed by atoms with E-state index in [9.17, 15) is 4.79 Å². The number of benzene rings is 2. The highest BCUT2D eigenvalue weighted by Crippen LogP contribution is 2.39. The first-order valence-corrected chi connectivity index (χ1v) is 11.3. The summed E-state index contributed by atoms with van der Waals surface area (Å²) in [5.74, 6) is 0.972. The Morgan fingerprint density at radius 2 is 1.84 bits per heavy atom. The Balaban J connectivity index is 1.47. The molecule has 1 amide bonds. The third-order valence-corrected chi connectivity index (χ3v) is 6.79. The highest BCUT2D eigenvalue weighted by Gasteiger charge is 2.40. The molecule has 2 aromatic carbocycles. The summed E-state index contributed by atoms with van der Waals surface area (Å²) in [6.45, 7) is 7.10. The lowest BCUT2D eigenvalue weighted by Crippen LogP contribution is -2.47. The standard InChI is InChI=1S/C26H29N3O3/c1-17-25(18(2)32-28-17)21-11-7-6-10-20(21)22-14-27-15-23(22)26(30)29-12-13-31-16-24(29)19-8-4-3-5-9-19/h3-11,22-24,27H,12-16H2,1-2H3/t22-,23+,24+/m0/s1. The van der Waals surface area contributed by atoms with Crippen molar-refractivity contribution in [2.75, 3.05) is 32.8 Å². The van der Waals surface area contributed by atoms with Crippen molar-refractivity contribution in [3.05, 3.63) is 77.2 Å². The first-order chi connectivity index (χ1) is 15.6. The van der Waals surface area contributed by atoms with Gasteiger partial charge in [-0.25, -0.2) is 0 Å². The monoisotopic (exact) mass is 431 g/mol. The molecule has 0 radical (unpaired) electrons. The van der Waals surface area contributed by atoms with Crippen molar-refractivity contribution < 1.29 is 14.1 Å². The SMILES string of the molecule is Cc1noc(C)c1-c1ccccc1[C@@H]1CNC[C@H]1C(=O)N1CCOC[C@@H]1c1ccccc1. The molecule has 0 saturated carbocycles. The van der Waals surface area contributed by atoms with Crippen LogP contribution in [0.15, 0.2) is 59.1 Å². The molecule has 6 nitrogen and oxygen atoms in total. The summed E-state index contributed by atoms with van der Waals surface area (Å²) in [4.78, 5) is 15.9. The molecule has 0 bridgehead atoms. The van der Waals surface area contributed by atoms with Crippen LogP contribution in [-0.4, -0.2) is 48.8 Å². The zero-order valence-electron chi connectivity index (χ0n) is 18.6. The summed E-state index contributed by atoms with van der Waals surface area (Å²) in [5.41, 5.74) is 5.32. The Bertz CT molecular complexity index is 1080. The second kappa shape index (κ2) is 8.88. The van der Waals surface area contributed by atoms with E-state index >= 15 is 0 Å². The van der Waals surface area contributed by atoms with Gasteiger partial charge in [0, 0.05) is 31.1 Å². The Morgan fingerprint density at radius 1 is 1.06 bits per heavy atom. The van der Waals surface area contributed by atoms with Gasteiger partial charge < -0.3 is 19.5 Å². The van der Waals surface area contributed by atoms with Crippen molar-refractivity contribution in [2.24, 2.45) is 5.92 Å². The molecule has 166 valence electrons. The van der Waals surface area contributed by atoms with E-state index in [1.165, 1.54) is 5.56 Å². The quantitative estimate of drug-likeness (QED) is 0.679. The van der Waals surface area contributed by atoms with Crippen LogP contribution < -0.4 is 5.32 Å². The second-order valence-corrected chi connectivity index (χ2v) is 8.69. The maximum Gasteiger partial charge on any atom is 0.228 e. The van der Waals surface area contributed by atoms with Crippen LogP contribution in [0.4, 0.5) is 0 Å². The van der Waals surface area contributed by atoms with Gasteiger partial charge in [-0.05, 0) is 30.5 Å². The Kier molecular flexibility index (Phi) is 5.81. The lowest BCUT2D eigenvalue weighted by atomic mass is 9.83. The number of amides is 1. The molecule has 0 aliphatic carbocycles. The van der Waals surface area contributed by atoms with Crippen molar-refractivity contribution in [2.45, 2.75) is 25.8 Å². The number of carbonyl (C=O) groups excluding carboxylic acids is 1. The number of morpholine rings is 1. The predicted molar refractivity (Wildman–Crippen MR) is 122 cm³/mol. The third-order valence-electron chi connectivity index (χ3n) is 6.79. The number of rotatable bonds is 4. The highest BCUT2D eigenvalue weighted by atomic mass is 16.5. The predicted octanol–water partition coefficient (Wildman–Crippen LogP) is 3.86.